The van der Waals surface area contributed by atoms with Gasteiger partial charge < -0.3 is 4.98 Å². The Balaban J connectivity index is 1.80. The number of H-pyrrole nitrogens is 2. The molecule has 2 aromatic rings. The maximum absolute atomic E-state index is 12.3. The van der Waals surface area contributed by atoms with Gasteiger partial charge in [-0.3, -0.25) is 14.3 Å². The fourth-order valence-corrected chi connectivity index (χ4v) is 5.05. The lowest BCUT2D eigenvalue weighted by Crippen LogP contribution is -2.32. The molecule has 2 bridgehead atoms. The Bertz CT molecular complexity index is 987. The fourth-order valence-electron chi connectivity index (χ4n) is 4.75. The van der Waals surface area contributed by atoms with Crippen LogP contribution >= 0.6 is 12.2 Å². The molecule has 2 saturated carbocycles. The van der Waals surface area contributed by atoms with Crippen molar-refractivity contribution in [3.63, 3.8) is 0 Å². The molecule has 0 unspecified atom stereocenters. The van der Waals surface area contributed by atoms with E-state index < -0.39 is 11.2 Å². The van der Waals surface area contributed by atoms with Gasteiger partial charge in [-0.15, -0.1) is 0 Å². The van der Waals surface area contributed by atoms with E-state index in [0.717, 1.165) is 24.1 Å². The average Bonchev–Trinajstić information content (AvgIpc) is 3.13. The normalized spacial score (nSPS) is 25.3. The highest BCUT2D eigenvalue weighted by molar-refractivity contribution is 7.71. The Labute approximate surface area is 150 Å². The summed E-state index contributed by atoms with van der Waals surface area (Å²) in [4.78, 5) is 34.6. The van der Waals surface area contributed by atoms with Gasteiger partial charge in [-0.25, -0.2) is 9.78 Å². The van der Waals surface area contributed by atoms with Gasteiger partial charge in [0.25, 0.3) is 5.56 Å². The number of fused-ring (bicyclic) bond motifs is 3. The summed E-state index contributed by atoms with van der Waals surface area (Å²) >= 11 is 5.39. The molecule has 0 radical (unpaired) electrons. The number of aromatic amines is 2. The van der Waals surface area contributed by atoms with Gasteiger partial charge >= 0.3 is 5.69 Å². The number of hydrogen-bond donors (Lipinski definition) is 2. The van der Waals surface area contributed by atoms with Crippen molar-refractivity contribution >= 4 is 23.3 Å². The molecule has 25 heavy (non-hydrogen) atoms. The first kappa shape index (κ1) is 16.7. The van der Waals surface area contributed by atoms with Gasteiger partial charge in [0, 0.05) is 13.0 Å². The second-order valence-corrected chi connectivity index (χ2v) is 8.50. The van der Waals surface area contributed by atoms with Crippen molar-refractivity contribution in [1.29, 1.82) is 0 Å². The molecule has 2 heterocycles. The Hall–Kier alpha value is -1.76. The molecule has 2 aromatic heterocycles. The summed E-state index contributed by atoms with van der Waals surface area (Å²) in [5.41, 5.74) is -0.338. The molecule has 2 fully saturated rings. The van der Waals surface area contributed by atoms with Gasteiger partial charge in [-0.1, -0.05) is 32.5 Å². The van der Waals surface area contributed by atoms with Crippen molar-refractivity contribution in [3.8, 4) is 0 Å². The summed E-state index contributed by atoms with van der Waals surface area (Å²) < 4.78 is 1.87. The van der Waals surface area contributed by atoms with Crippen LogP contribution in [0, 0.1) is 28.3 Å². The van der Waals surface area contributed by atoms with Crippen molar-refractivity contribution in [1.82, 2.24) is 19.5 Å². The van der Waals surface area contributed by atoms with Crippen LogP contribution < -0.4 is 11.2 Å². The highest BCUT2D eigenvalue weighted by Gasteiger charge is 2.39. The van der Waals surface area contributed by atoms with E-state index in [-0.39, 0.29) is 10.6 Å². The number of rotatable bonds is 4. The van der Waals surface area contributed by atoms with E-state index in [4.69, 9.17) is 12.2 Å². The number of aromatic nitrogens is 4. The first-order chi connectivity index (χ1) is 11.9. The molecule has 2 aliphatic rings. The largest absolute Gasteiger partial charge is 0.329 e. The molecule has 7 heteroatoms. The van der Waals surface area contributed by atoms with Crippen LogP contribution in [0.15, 0.2) is 9.59 Å². The predicted molar refractivity (Wildman–Crippen MR) is 99.3 cm³/mol. The van der Waals surface area contributed by atoms with Gasteiger partial charge in [-0.2, -0.15) is 0 Å². The van der Waals surface area contributed by atoms with Crippen LogP contribution in [0.5, 0.6) is 0 Å². The zero-order valence-electron chi connectivity index (χ0n) is 14.7. The van der Waals surface area contributed by atoms with Gasteiger partial charge in [0.15, 0.2) is 0 Å². The first-order valence-electron chi connectivity index (χ1n) is 9.18. The molecule has 0 amide bonds. The van der Waals surface area contributed by atoms with Crippen LogP contribution in [0.3, 0.4) is 0 Å². The molecular formula is C18H24N4O2S. The lowest BCUT2D eigenvalue weighted by Gasteiger charge is -2.21. The van der Waals surface area contributed by atoms with Crippen molar-refractivity contribution in [2.75, 3.05) is 0 Å². The molecule has 0 saturated heterocycles. The summed E-state index contributed by atoms with van der Waals surface area (Å²) in [6.07, 6.45) is 6.15. The number of nitrogens with zero attached hydrogens (tertiary/aromatic N) is 2. The summed E-state index contributed by atoms with van der Waals surface area (Å²) in [7, 11) is 0. The topological polar surface area (TPSA) is 83.5 Å². The maximum atomic E-state index is 12.3. The maximum Gasteiger partial charge on any atom is 0.329 e. The minimum atomic E-state index is -0.458. The predicted octanol–water partition coefficient (Wildman–Crippen LogP) is 2.78. The second-order valence-electron chi connectivity index (χ2n) is 8.12. The first-order valence-corrected chi connectivity index (χ1v) is 9.59. The van der Waals surface area contributed by atoms with E-state index in [1.54, 1.807) is 4.57 Å². The minimum Gasteiger partial charge on any atom is -0.329 e. The zero-order valence-corrected chi connectivity index (χ0v) is 15.5. The van der Waals surface area contributed by atoms with Crippen LogP contribution in [-0.4, -0.2) is 19.5 Å². The SMILES string of the molecule is CC(C)Cn1c(=O)[nH]c(=O)c2c(=S)nc(C[C@@H]3C[C@@H]4CC[C@@H]3C4)[nH]c21. The van der Waals surface area contributed by atoms with Crippen molar-refractivity contribution in [3.05, 3.63) is 31.3 Å². The molecule has 3 atom stereocenters. The van der Waals surface area contributed by atoms with Crippen molar-refractivity contribution in [2.24, 2.45) is 23.7 Å². The summed E-state index contributed by atoms with van der Waals surface area (Å²) in [5.74, 6) is 3.39. The van der Waals surface area contributed by atoms with Crippen LogP contribution in [0.4, 0.5) is 0 Å². The standard InChI is InChI=1S/C18H24N4O2S/c1-9(2)8-22-15-14(16(23)21-18(22)24)17(25)20-13(19-15)7-12-6-10-3-4-11(12)5-10/h9-12H,3-8H2,1-2H3,(H,19,20,25)(H,21,23,24)/t10-,11-,12+/m1/s1. The quantitative estimate of drug-likeness (QED) is 0.821. The smallest absolute Gasteiger partial charge is 0.329 e. The molecule has 4 rings (SSSR count). The number of nitrogens with one attached hydrogen (secondary N) is 2. The van der Waals surface area contributed by atoms with Crippen molar-refractivity contribution < 1.29 is 0 Å². The van der Waals surface area contributed by atoms with E-state index in [9.17, 15) is 9.59 Å². The van der Waals surface area contributed by atoms with E-state index in [1.807, 2.05) is 13.8 Å². The average molecular weight is 360 g/mol. The summed E-state index contributed by atoms with van der Waals surface area (Å²) in [6, 6.07) is 0. The molecule has 2 aliphatic carbocycles. The Morgan fingerprint density at radius 3 is 2.68 bits per heavy atom. The minimum absolute atomic E-state index is 0.274. The van der Waals surface area contributed by atoms with E-state index in [1.165, 1.54) is 25.7 Å². The van der Waals surface area contributed by atoms with Gasteiger partial charge in [0.1, 0.15) is 21.5 Å². The van der Waals surface area contributed by atoms with Crippen LogP contribution in [0.2, 0.25) is 0 Å². The van der Waals surface area contributed by atoms with Crippen LogP contribution in [-0.2, 0) is 13.0 Å². The lowest BCUT2D eigenvalue weighted by atomic mass is 9.86. The van der Waals surface area contributed by atoms with Gasteiger partial charge in [0.05, 0.1) is 0 Å². The zero-order chi connectivity index (χ0) is 17.7. The van der Waals surface area contributed by atoms with E-state index >= 15 is 0 Å². The van der Waals surface area contributed by atoms with Crippen LogP contribution in [0.1, 0.15) is 45.4 Å². The Morgan fingerprint density at radius 2 is 2.04 bits per heavy atom. The number of hydrogen-bond acceptors (Lipinski definition) is 4. The molecular weight excluding hydrogens is 336 g/mol. The molecule has 0 spiro atoms. The molecule has 0 aromatic carbocycles. The van der Waals surface area contributed by atoms with Crippen molar-refractivity contribution in [2.45, 2.75) is 52.5 Å². The molecule has 134 valence electrons. The molecule has 0 aliphatic heterocycles. The second kappa shape index (κ2) is 6.20. The van der Waals surface area contributed by atoms with E-state index in [0.29, 0.717) is 23.5 Å². The van der Waals surface area contributed by atoms with Gasteiger partial charge in [0.2, 0.25) is 0 Å². The highest BCUT2D eigenvalue weighted by atomic mass is 32.1. The summed E-state index contributed by atoms with van der Waals surface area (Å²) in [5, 5.41) is 0.312. The van der Waals surface area contributed by atoms with Gasteiger partial charge in [-0.05, 0) is 42.9 Å². The third-order valence-electron chi connectivity index (χ3n) is 5.80. The fraction of sp³-hybridized carbons (Fsp3) is 0.667. The Morgan fingerprint density at radius 1 is 1.24 bits per heavy atom. The highest BCUT2D eigenvalue weighted by Crippen LogP contribution is 2.49. The summed E-state index contributed by atoms with van der Waals surface area (Å²) in [6.45, 7) is 4.60. The third kappa shape index (κ3) is 2.99. The monoisotopic (exact) mass is 360 g/mol. The Kier molecular flexibility index (Phi) is 4.14. The molecule has 2 N–H and O–H groups in total. The van der Waals surface area contributed by atoms with E-state index in [2.05, 4.69) is 15.0 Å². The lowest BCUT2D eigenvalue weighted by molar-refractivity contribution is 0.326. The molecule has 6 nitrogen and oxygen atoms in total. The van der Waals surface area contributed by atoms with Crippen LogP contribution in [0.25, 0.3) is 11.0 Å². The third-order valence-corrected chi connectivity index (χ3v) is 6.10.